The van der Waals surface area contributed by atoms with Crippen molar-refractivity contribution in [3.8, 4) is 0 Å². The molecule has 2 aromatic carbocycles. The topological polar surface area (TPSA) is 12.5 Å². The first-order chi connectivity index (χ1) is 12.2. The van der Waals surface area contributed by atoms with E-state index < -0.39 is 8.15 Å². The van der Waals surface area contributed by atoms with E-state index in [1.54, 1.807) is 0 Å². The van der Waals surface area contributed by atoms with Gasteiger partial charge in [0.25, 0.3) is 0 Å². The fourth-order valence-electron chi connectivity index (χ4n) is 2.08. The van der Waals surface area contributed by atoms with E-state index in [-0.39, 0.29) is 0 Å². The number of halogens is 2. The van der Waals surface area contributed by atoms with Crippen molar-refractivity contribution >= 4 is 39.9 Å². The van der Waals surface area contributed by atoms with Crippen molar-refractivity contribution in [2.45, 2.75) is 6.42 Å². The third-order valence-electron chi connectivity index (χ3n) is 3.08. The van der Waals surface area contributed by atoms with Gasteiger partial charge in [0.1, 0.15) is 0 Å². The summed E-state index contributed by atoms with van der Waals surface area (Å²) in [5.74, 6) is 0. The monoisotopic (exact) mass is 487 g/mol. The van der Waals surface area contributed by atoms with E-state index in [0.29, 0.717) is 19.6 Å². The number of nitrogens with zero attached hydrogens (tertiary/aromatic N) is 1. The minimum atomic E-state index is -0.801. The Morgan fingerprint density at radius 1 is 1.00 bits per heavy atom. The molecule has 2 rings (SSSR count). The maximum atomic E-state index is 6.19. The van der Waals surface area contributed by atoms with E-state index >= 15 is 0 Å². The van der Waals surface area contributed by atoms with Crippen LogP contribution >= 0.6 is 29.3 Å². The predicted molar refractivity (Wildman–Crippen MR) is 107 cm³/mol. The number of likely N-dealkylation sites (N-methyl/N-ethyl adjacent to an activating group) is 1. The van der Waals surface area contributed by atoms with Crippen LogP contribution in [0.25, 0.3) is 0 Å². The molecule has 0 saturated heterocycles. The van der Waals surface area contributed by atoms with Gasteiger partial charge >= 0.3 is 27.7 Å². The summed E-state index contributed by atoms with van der Waals surface area (Å²) in [6, 6.07) is 20.8. The fourth-order valence-corrected chi connectivity index (χ4v) is 4.17. The minimum absolute atomic E-state index is 0.610. The van der Waals surface area contributed by atoms with Crippen molar-refractivity contribution in [3.63, 3.8) is 0 Å². The first-order valence-corrected chi connectivity index (χ1v) is 11.4. The van der Waals surface area contributed by atoms with Crippen LogP contribution in [0.5, 0.6) is 0 Å². The molecular weight excluding hydrogens is 467 g/mol. The van der Waals surface area contributed by atoms with E-state index in [1.165, 1.54) is 10.6 Å². The van der Waals surface area contributed by atoms with Gasteiger partial charge in [-0.15, -0.1) is 11.6 Å². The number of hydrogen-bond acceptors (Lipinski definition) is 2. The molecule has 0 unspecified atom stereocenters. The van der Waals surface area contributed by atoms with Gasteiger partial charge in [-0.3, -0.25) is 0 Å². The van der Waals surface area contributed by atoms with Gasteiger partial charge in [-0.1, -0.05) is 60.7 Å². The summed E-state index contributed by atoms with van der Waals surface area (Å²) in [6.07, 6.45) is 3.90. The van der Waals surface area contributed by atoms with Gasteiger partial charge in [-0.25, -0.2) is 0 Å². The maximum absolute atomic E-state index is 6.19. The number of rotatable bonds is 8. The van der Waals surface area contributed by atoms with E-state index in [1.807, 2.05) is 31.1 Å². The van der Waals surface area contributed by atoms with Crippen LogP contribution in [0.3, 0.4) is 0 Å². The Balaban J connectivity index is 0.00000151. The van der Waals surface area contributed by atoms with Gasteiger partial charge in [0.05, 0.1) is 8.15 Å². The Labute approximate surface area is 172 Å². The van der Waals surface area contributed by atoms with E-state index in [0.717, 1.165) is 5.03 Å². The van der Waals surface area contributed by atoms with Crippen LogP contribution in [0.2, 0.25) is 0 Å². The van der Waals surface area contributed by atoms with Gasteiger partial charge < -0.3 is 15.5 Å². The van der Waals surface area contributed by atoms with Crippen molar-refractivity contribution in [1.29, 1.82) is 0 Å². The molecule has 2 nitrogen and oxygen atoms in total. The number of hydrogen-bond donors (Lipinski definition) is 0. The molecule has 0 spiro atoms. The van der Waals surface area contributed by atoms with Crippen molar-refractivity contribution in [1.82, 2.24) is 4.90 Å². The van der Waals surface area contributed by atoms with Crippen LogP contribution in [-0.2, 0) is 22.7 Å². The molecule has 0 saturated carbocycles. The molecule has 0 heterocycles. The molecular formula is C19H22Cl2NOPPd. The molecule has 0 amide bonds. The zero-order valence-corrected chi connectivity index (χ0v) is 18.2. The molecule has 138 valence electrons. The normalized spacial score (nSPS) is 11.4. The summed E-state index contributed by atoms with van der Waals surface area (Å²) >= 11 is 8.36. The third kappa shape index (κ3) is 9.32. The van der Waals surface area contributed by atoms with Crippen LogP contribution in [0.1, 0.15) is 6.42 Å². The summed E-state index contributed by atoms with van der Waals surface area (Å²) in [5, 5.41) is 3.18. The molecule has 25 heavy (non-hydrogen) atoms. The zero-order chi connectivity index (χ0) is 18.5. The average Bonchev–Trinajstić information content (AvgIpc) is 2.64. The molecule has 0 N–H and O–H groups in total. The van der Waals surface area contributed by atoms with E-state index in [9.17, 15) is 0 Å². The first kappa shape index (κ1) is 22.8. The van der Waals surface area contributed by atoms with Gasteiger partial charge in [0.2, 0.25) is 0 Å². The molecule has 2 aromatic rings. The Morgan fingerprint density at radius 2 is 1.48 bits per heavy atom. The summed E-state index contributed by atoms with van der Waals surface area (Å²) in [4.78, 5) is 2.02. The van der Waals surface area contributed by atoms with Crippen molar-refractivity contribution < 1.29 is 22.7 Å². The van der Waals surface area contributed by atoms with Gasteiger partial charge in [-0.05, 0) is 14.1 Å². The standard InChI is InChI=1S/C19H22ClNOP.ClH.Pd/c1-21(2)16-17(20)10-9-15-22-23(18-11-5-3-6-12-18)19-13-7-4-8-14-19;;/h3-8,11-14H,9,15-16H2,1-2H3;1H;/q-1;;+2/p-1. The van der Waals surface area contributed by atoms with Crippen molar-refractivity contribution in [3.05, 3.63) is 71.8 Å². The summed E-state index contributed by atoms with van der Waals surface area (Å²) in [5.41, 5.74) is 0. The SMILES string of the molecule is CN(C)CC(Cl)=[C-]CCOP(c1ccccc1)c1ccccc1.[Cl][Pd+]. The van der Waals surface area contributed by atoms with Gasteiger partial charge in [0.15, 0.2) is 0 Å². The molecule has 0 atom stereocenters. The summed E-state index contributed by atoms with van der Waals surface area (Å²) in [7, 11) is 7.67. The van der Waals surface area contributed by atoms with E-state index in [2.05, 4.69) is 82.3 Å². The zero-order valence-electron chi connectivity index (χ0n) is 14.3. The third-order valence-corrected chi connectivity index (χ3v) is 5.30. The molecule has 0 radical (unpaired) electrons. The second-order valence-electron chi connectivity index (χ2n) is 5.37. The van der Waals surface area contributed by atoms with Crippen LogP contribution < -0.4 is 10.6 Å². The fraction of sp³-hybridized carbons (Fsp3) is 0.263. The second kappa shape index (κ2) is 13.9. The molecule has 0 aliphatic heterocycles. The van der Waals surface area contributed by atoms with Gasteiger partial charge in [0, 0.05) is 23.8 Å². The Morgan fingerprint density at radius 3 is 1.92 bits per heavy atom. The number of benzene rings is 2. The Kier molecular flexibility index (Phi) is 12.7. The molecule has 0 fully saturated rings. The molecule has 0 aliphatic rings. The van der Waals surface area contributed by atoms with Crippen LogP contribution in [-0.4, -0.2) is 32.1 Å². The van der Waals surface area contributed by atoms with Gasteiger partial charge in [-0.2, -0.15) is 11.5 Å². The van der Waals surface area contributed by atoms with E-state index in [4.69, 9.17) is 16.1 Å². The molecule has 0 aliphatic carbocycles. The quantitative estimate of drug-likeness (QED) is 0.233. The summed E-state index contributed by atoms with van der Waals surface area (Å²) < 4.78 is 6.19. The average molecular weight is 489 g/mol. The van der Waals surface area contributed by atoms with Crippen LogP contribution in [0, 0.1) is 6.08 Å². The summed E-state index contributed by atoms with van der Waals surface area (Å²) in [6.45, 7) is 1.33. The Bertz CT molecular complexity index is 572. The molecule has 0 bridgehead atoms. The molecule has 0 aromatic heterocycles. The predicted octanol–water partition coefficient (Wildman–Crippen LogP) is 4.62. The molecule has 6 heteroatoms. The van der Waals surface area contributed by atoms with Crippen LogP contribution in [0.4, 0.5) is 0 Å². The van der Waals surface area contributed by atoms with Crippen molar-refractivity contribution in [2.24, 2.45) is 0 Å². The Hall–Kier alpha value is -0.228. The van der Waals surface area contributed by atoms with Crippen LogP contribution in [0.15, 0.2) is 65.7 Å². The first-order valence-electron chi connectivity index (χ1n) is 7.72. The second-order valence-corrected chi connectivity index (χ2v) is 7.70. The van der Waals surface area contributed by atoms with Crippen molar-refractivity contribution in [2.75, 3.05) is 27.2 Å².